The minimum absolute atomic E-state index is 0.0728. The Kier molecular flexibility index (Phi) is 5.20. The van der Waals surface area contributed by atoms with Gasteiger partial charge in [-0.2, -0.15) is 0 Å². The van der Waals surface area contributed by atoms with E-state index in [1.807, 2.05) is 12.1 Å². The molecule has 1 heterocycles. The van der Waals surface area contributed by atoms with Crippen molar-refractivity contribution in [1.29, 1.82) is 0 Å². The van der Waals surface area contributed by atoms with Crippen LogP contribution < -0.4 is 10.1 Å². The standard InChI is InChI=1S/C16H22N2O3/c1-3-4-9-18-11-12(10-15(18)19)16(20)17-13-7-5-6-8-14(13)21-2/h5-8,12H,3-4,9-11H2,1-2H3,(H,17,20)/t12-/m0/s1. The normalized spacial score (nSPS) is 17.9. The highest BCUT2D eigenvalue weighted by Crippen LogP contribution is 2.25. The van der Waals surface area contributed by atoms with Crippen LogP contribution in [0.15, 0.2) is 24.3 Å². The fourth-order valence-corrected chi connectivity index (χ4v) is 2.50. The van der Waals surface area contributed by atoms with E-state index in [1.54, 1.807) is 24.1 Å². The van der Waals surface area contributed by atoms with Gasteiger partial charge in [-0.3, -0.25) is 9.59 Å². The minimum atomic E-state index is -0.278. The largest absolute Gasteiger partial charge is 0.495 e. The van der Waals surface area contributed by atoms with Crippen LogP contribution in [0.3, 0.4) is 0 Å². The Morgan fingerprint density at radius 3 is 2.90 bits per heavy atom. The number of hydrogen-bond donors (Lipinski definition) is 1. The van der Waals surface area contributed by atoms with Gasteiger partial charge in [0.1, 0.15) is 5.75 Å². The van der Waals surface area contributed by atoms with Gasteiger partial charge in [0.2, 0.25) is 11.8 Å². The monoisotopic (exact) mass is 290 g/mol. The quantitative estimate of drug-likeness (QED) is 0.874. The number of ether oxygens (including phenoxy) is 1. The number of nitrogens with one attached hydrogen (secondary N) is 1. The molecular formula is C16H22N2O3. The number of amides is 2. The molecule has 21 heavy (non-hydrogen) atoms. The van der Waals surface area contributed by atoms with Gasteiger partial charge in [0.05, 0.1) is 18.7 Å². The van der Waals surface area contributed by atoms with E-state index in [0.717, 1.165) is 19.4 Å². The molecule has 2 amide bonds. The maximum atomic E-state index is 12.3. The molecule has 114 valence electrons. The highest BCUT2D eigenvalue weighted by molar-refractivity contribution is 5.98. The van der Waals surface area contributed by atoms with Crippen molar-refractivity contribution in [3.8, 4) is 5.75 Å². The number of nitrogens with zero attached hydrogens (tertiary/aromatic N) is 1. The van der Waals surface area contributed by atoms with Crippen LogP contribution in [0.2, 0.25) is 0 Å². The molecule has 1 N–H and O–H groups in total. The number of likely N-dealkylation sites (tertiary alicyclic amines) is 1. The van der Waals surface area contributed by atoms with Crippen LogP contribution in [0.4, 0.5) is 5.69 Å². The second-order valence-electron chi connectivity index (χ2n) is 5.28. The lowest BCUT2D eigenvalue weighted by Gasteiger charge is -2.16. The zero-order chi connectivity index (χ0) is 15.2. The van der Waals surface area contributed by atoms with Gasteiger partial charge in [0, 0.05) is 19.5 Å². The third kappa shape index (κ3) is 3.74. The number of unbranched alkanes of at least 4 members (excludes halogenated alkanes) is 1. The first-order chi connectivity index (χ1) is 10.2. The molecule has 0 saturated carbocycles. The smallest absolute Gasteiger partial charge is 0.229 e. The van der Waals surface area contributed by atoms with E-state index < -0.39 is 0 Å². The lowest BCUT2D eigenvalue weighted by Crippen LogP contribution is -2.29. The lowest BCUT2D eigenvalue weighted by molar-refractivity contribution is -0.128. The van der Waals surface area contributed by atoms with Crippen molar-refractivity contribution in [3.05, 3.63) is 24.3 Å². The molecule has 0 aliphatic carbocycles. The van der Waals surface area contributed by atoms with E-state index in [2.05, 4.69) is 12.2 Å². The number of carbonyl (C=O) groups excluding carboxylic acids is 2. The van der Waals surface area contributed by atoms with Crippen LogP contribution in [0.25, 0.3) is 0 Å². The van der Waals surface area contributed by atoms with Crippen LogP contribution in [0, 0.1) is 5.92 Å². The third-order valence-electron chi connectivity index (χ3n) is 3.73. The number of para-hydroxylation sites is 2. The molecule has 1 saturated heterocycles. The molecule has 1 aromatic carbocycles. The van der Waals surface area contributed by atoms with E-state index >= 15 is 0 Å². The molecule has 5 nitrogen and oxygen atoms in total. The van der Waals surface area contributed by atoms with Gasteiger partial charge in [-0.05, 0) is 18.6 Å². The van der Waals surface area contributed by atoms with Gasteiger partial charge in [0.15, 0.2) is 0 Å². The molecule has 0 aromatic heterocycles. The summed E-state index contributed by atoms with van der Waals surface area (Å²) in [7, 11) is 1.57. The Morgan fingerprint density at radius 2 is 2.19 bits per heavy atom. The fraction of sp³-hybridized carbons (Fsp3) is 0.500. The van der Waals surface area contributed by atoms with E-state index in [-0.39, 0.29) is 17.7 Å². The Bertz CT molecular complexity index is 516. The van der Waals surface area contributed by atoms with Gasteiger partial charge >= 0.3 is 0 Å². The van der Waals surface area contributed by atoms with Crippen LogP contribution in [-0.2, 0) is 9.59 Å². The molecule has 1 fully saturated rings. The summed E-state index contributed by atoms with van der Waals surface area (Å²) in [5.41, 5.74) is 0.643. The first-order valence-corrected chi connectivity index (χ1v) is 7.37. The van der Waals surface area contributed by atoms with Crippen molar-refractivity contribution >= 4 is 17.5 Å². The van der Waals surface area contributed by atoms with Gasteiger partial charge < -0.3 is 15.0 Å². The molecule has 0 spiro atoms. The number of anilines is 1. The number of benzene rings is 1. The number of carbonyl (C=O) groups is 2. The van der Waals surface area contributed by atoms with Crippen molar-refractivity contribution in [1.82, 2.24) is 4.90 Å². The number of methoxy groups -OCH3 is 1. The SMILES string of the molecule is CCCCN1C[C@@H](C(=O)Nc2ccccc2OC)CC1=O. The summed E-state index contributed by atoms with van der Waals surface area (Å²) < 4.78 is 5.21. The summed E-state index contributed by atoms with van der Waals surface area (Å²) >= 11 is 0. The van der Waals surface area contributed by atoms with Crippen LogP contribution in [0.1, 0.15) is 26.2 Å². The Hall–Kier alpha value is -2.04. The predicted octanol–water partition coefficient (Wildman–Crippen LogP) is 2.28. The maximum Gasteiger partial charge on any atom is 0.229 e. The predicted molar refractivity (Wildman–Crippen MR) is 81.2 cm³/mol. The number of hydrogen-bond acceptors (Lipinski definition) is 3. The molecule has 1 atom stereocenters. The van der Waals surface area contributed by atoms with Gasteiger partial charge in [-0.15, -0.1) is 0 Å². The van der Waals surface area contributed by atoms with Crippen molar-refractivity contribution in [2.75, 3.05) is 25.5 Å². The highest BCUT2D eigenvalue weighted by atomic mass is 16.5. The van der Waals surface area contributed by atoms with E-state index in [0.29, 0.717) is 24.4 Å². The van der Waals surface area contributed by atoms with Crippen LogP contribution in [-0.4, -0.2) is 36.9 Å². The lowest BCUT2D eigenvalue weighted by atomic mass is 10.1. The van der Waals surface area contributed by atoms with Crippen molar-refractivity contribution in [2.24, 2.45) is 5.92 Å². The average molecular weight is 290 g/mol. The van der Waals surface area contributed by atoms with Crippen molar-refractivity contribution < 1.29 is 14.3 Å². The highest BCUT2D eigenvalue weighted by Gasteiger charge is 2.34. The summed E-state index contributed by atoms with van der Waals surface area (Å²) in [5.74, 6) is 0.299. The Labute approximate surface area is 125 Å². The molecule has 0 bridgehead atoms. The summed E-state index contributed by atoms with van der Waals surface area (Å²) in [6.45, 7) is 3.35. The van der Waals surface area contributed by atoms with E-state index in [1.165, 1.54) is 0 Å². The minimum Gasteiger partial charge on any atom is -0.495 e. The first kappa shape index (κ1) is 15.4. The van der Waals surface area contributed by atoms with E-state index in [9.17, 15) is 9.59 Å². The topological polar surface area (TPSA) is 58.6 Å². The summed E-state index contributed by atoms with van der Waals surface area (Å²) in [5, 5.41) is 2.86. The third-order valence-corrected chi connectivity index (χ3v) is 3.73. The molecule has 0 unspecified atom stereocenters. The van der Waals surface area contributed by atoms with Gasteiger partial charge in [0.25, 0.3) is 0 Å². The summed E-state index contributed by atoms with van der Waals surface area (Å²) in [4.78, 5) is 26.0. The molecule has 1 aliphatic rings. The first-order valence-electron chi connectivity index (χ1n) is 7.37. The Balaban J connectivity index is 1.97. The zero-order valence-corrected chi connectivity index (χ0v) is 12.6. The van der Waals surface area contributed by atoms with Crippen molar-refractivity contribution in [2.45, 2.75) is 26.2 Å². The van der Waals surface area contributed by atoms with Gasteiger partial charge in [-0.25, -0.2) is 0 Å². The molecule has 1 aliphatic heterocycles. The molecule has 5 heteroatoms. The molecular weight excluding hydrogens is 268 g/mol. The van der Waals surface area contributed by atoms with Gasteiger partial charge in [-0.1, -0.05) is 25.5 Å². The molecule has 0 radical (unpaired) electrons. The summed E-state index contributed by atoms with van der Waals surface area (Å²) in [6, 6.07) is 7.27. The summed E-state index contributed by atoms with van der Waals surface area (Å²) in [6.07, 6.45) is 2.32. The van der Waals surface area contributed by atoms with E-state index in [4.69, 9.17) is 4.74 Å². The average Bonchev–Trinajstić information content (AvgIpc) is 2.87. The Morgan fingerprint density at radius 1 is 1.43 bits per heavy atom. The van der Waals surface area contributed by atoms with Crippen LogP contribution >= 0.6 is 0 Å². The van der Waals surface area contributed by atoms with Crippen LogP contribution in [0.5, 0.6) is 5.75 Å². The second kappa shape index (κ2) is 7.11. The molecule has 2 rings (SSSR count). The molecule has 1 aromatic rings. The fourth-order valence-electron chi connectivity index (χ4n) is 2.50. The van der Waals surface area contributed by atoms with Crippen molar-refractivity contribution in [3.63, 3.8) is 0 Å². The number of rotatable bonds is 6. The maximum absolute atomic E-state index is 12.3. The second-order valence-corrected chi connectivity index (χ2v) is 5.28. The zero-order valence-electron chi connectivity index (χ0n) is 12.6.